The van der Waals surface area contributed by atoms with Gasteiger partial charge in [0.15, 0.2) is 0 Å². The van der Waals surface area contributed by atoms with E-state index in [1.807, 2.05) is 12.1 Å². The average molecular weight is 204 g/mol. The number of phenols is 1. The summed E-state index contributed by atoms with van der Waals surface area (Å²) in [5.41, 5.74) is 2.53. The maximum absolute atomic E-state index is 9.88. The summed E-state index contributed by atoms with van der Waals surface area (Å²) in [6.45, 7) is 2.16. The zero-order valence-corrected chi connectivity index (χ0v) is 9.50. The molecule has 1 fully saturated rings. The van der Waals surface area contributed by atoms with Gasteiger partial charge in [-0.2, -0.15) is 0 Å². The smallest absolute Gasteiger partial charge is 0.119 e. The zero-order chi connectivity index (χ0) is 10.7. The third-order valence-electron chi connectivity index (χ3n) is 3.55. The second-order valence-corrected chi connectivity index (χ2v) is 4.58. The monoisotopic (exact) mass is 204 g/mol. The zero-order valence-electron chi connectivity index (χ0n) is 9.50. The highest BCUT2D eigenvalue weighted by molar-refractivity contribution is 5.38. The van der Waals surface area contributed by atoms with E-state index in [-0.39, 0.29) is 0 Å². The lowest BCUT2D eigenvalue weighted by Gasteiger charge is -2.23. The molecule has 0 radical (unpaired) electrons. The minimum atomic E-state index is 0.499. The van der Waals surface area contributed by atoms with Gasteiger partial charge < -0.3 is 5.11 Å². The summed E-state index contributed by atoms with van der Waals surface area (Å²) in [6, 6.07) is 6.09. The Morgan fingerprint density at radius 3 is 2.60 bits per heavy atom. The lowest BCUT2D eigenvalue weighted by Crippen LogP contribution is -2.05. The fourth-order valence-electron chi connectivity index (χ4n) is 2.56. The first kappa shape index (κ1) is 10.5. The molecular formula is C14H20O. The van der Waals surface area contributed by atoms with E-state index < -0.39 is 0 Å². The van der Waals surface area contributed by atoms with Crippen LogP contribution in [0.15, 0.2) is 18.2 Å². The fourth-order valence-corrected chi connectivity index (χ4v) is 2.56. The van der Waals surface area contributed by atoms with Crippen molar-refractivity contribution in [2.75, 3.05) is 0 Å². The van der Waals surface area contributed by atoms with Crippen molar-refractivity contribution in [3.8, 4) is 5.75 Å². The van der Waals surface area contributed by atoms with Crippen molar-refractivity contribution < 1.29 is 5.11 Å². The Hall–Kier alpha value is -0.980. The van der Waals surface area contributed by atoms with Crippen molar-refractivity contribution in [1.29, 1.82) is 0 Å². The van der Waals surface area contributed by atoms with Gasteiger partial charge in [0.05, 0.1) is 0 Å². The Morgan fingerprint density at radius 1 is 1.20 bits per heavy atom. The van der Waals surface area contributed by atoms with Crippen LogP contribution in [0.5, 0.6) is 5.75 Å². The Kier molecular flexibility index (Phi) is 3.30. The maximum Gasteiger partial charge on any atom is 0.119 e. The van der Waals surface area contributed by atoms with Crippen molar-refractivity contribution >= 4 is 0 Å². The van der Waals surface area contributed by atoms with Crippen LogP contribution in [-0.4, -0.2) is 5.11 Å². The summed E-state index contributed by atoms with van der Waals surface area (Å²) in [7, 11) is 0. The third kappa shape index (κ3) is 2.34. The summed E-state index contributed by atoms with van der Waals surface area (Å²) in [4.78, 5) is 0. The molecule has 1 nitrogen and oxygen atoms in total. The Bertz CT molecular complexity index is 324. The average Bonchev–Trinajstić information content (AvgIpc) is 2.31. The first-order valence-electron chi connectivity index (χ1n) is 6.13. The van der Waals surface area contributed by atoms with E-state index >= 15 is 0 Å². The molecule has 0 atom stereocenters. The van der Waals surface area contributed by atoms with E-state index in [0.717, 1.165) is 6.42 Å². The van der Waals surface area contributed by atoms with Crippen LogP contribution in [0.4, 0.5) is 0 Å². The van der Waals surface area contributed by atoms with Gasteiger partial charge in [0.2, 0.25) is 0 Å². The predicted octanol–water partition coefficient (Wildman–Crippen LogP) is 4.00. The van der Waals surface area contributed by atoms with Crippen LogP contribution in [0.2, 0.25) is 0 Å². The highest BCUT2D eigenvalue weighted by atomic mass is 16.3. The molecule has 0 heterocycles. The second-order valence-electron chi connectivity index (χ2n) is 4.58. The summed E-state index contributed by atoms with van der Waals surface area (Å²) in [5, 5.41) is 9.88. The first-order valence-corrected chi connectivity index (χ1v) is 6.13. The summed E-state index contributed by atoms with van der Waals surface area (Å²) in [5.74, 6) is 1.10. The minimum Gasteiger partial charge on any atom is -0.508 e. The van der Waals surface area contributed by atoms with Gasteiger partial charge in [0, 0.05) is 0 Å². The molecular weight excluding hydrogens is 184 g/mol. The molecule has 0 aromatic heterocycles. The molecule has 1 aromatic rings. The quantitative estimate of drug-likeness (QED) is 0.772. The standard InChI is InChI=1S/C14H20O/c1-2-11-8-9-14(15)13(10-11)12-6-4-3-5-7-12/h8-10,12,15H,2-7H2,1H3. The van der Waals surface area contributed by atoms with E-state index in [2.05, 4.69) is 13.0 Å². The molecule has 82 valence electrons. The summed E-state index contributed by atoms with van der Waals surface area (Å²) < 4.78 is 0. The van der Waals surface area contributed by atoms with Crippen LogP contribution < -0.4 is 0 Å². The number of phenolic OH excluding ortho intramolecular Hbond substituents is 1. The minimum absolute atomic E-state index is 0.499. The Balaban J connectivity index is 2.24. The molecule has 0 spiro atoms. The Morgan fingerprint density at radius 2 is 1.93 bits per heavy atom. The van der Waals surface area contributed by atoms with Crippen LogP contribution in [0, 0.1) is 0 Å². The van der Waals surface area contributed by atoms with Gasteiger partial charge in [-0.05, 0) is 42.4 Å². The normalized spacial score (nSPS) is 17.9. The van der Waals surface area contributed by atoms with Gasteiger partial charge in [-0.15, -0.1) is 0 Å². The first-order chi connectivity index (χ1) is 7.31. The van der Waals surface area contributed by atoms with Crippen molar-refractivity contribution in [3.05, 3.63) is 29.3 Å². The molecule has 0 aliphatic heterocycles. The number of aromatic hydroxyl groups is 1. The fraction of sp³-hybridized carbons (Fsp3) is 0.571. The highest BCUT2D eigenvalue weighted by Crippen LogP contribution is 2.37. The van der Waals surface area contributed by atoms with E-state index in [4.69, 9.17) is 0 Å². The number of hydrogen-bond acceptors (Lipinski definition) is 1. The molecule has 1 heteroatoms. The third-order valence-corrected chi connectivity index (χ3v) is 3.55. The van der Waals surface area contributed by atoms with Crippen LogP contribution in [-0.2, 0) is 6.42 Å². The maximum atomic E-state index is 9.88. The van der Waals surface area contributed by atoms with E-state index in [0.29, 0.717) is 11.7 Å². The van der Waals surface area contributed by atoms with Crippen molar-refractivity contribution in [3.63, 3.8) is 0 Å². The number of aryl methyl sites for hydroxylation is 1. The second kappa shape index (κ2) is 4.69. The molecule has 0 unspecified atom stereocenters. The van der Waals surface area contributed by atoms with E-state index in [1.165, 1.54) is 43.2 Å². The van der Waals surface area contributed by atoms with Crippen molar-refractivity contribution in [2.24, 2.45) is 0 Å². The van der Waals surface area contributed by atoms with Gasteiger partial charge >= 0.3 is 0 Å². The van der Waals surface area contributed by atoms with Crippen molar-refractivity contribution in [2.45, 2.75) is 51.4 Å². The van der Waals surface area contributed by atoms with Gasteiger partial charge in [0.25, 0.3) is 0 Å². The molecule has 2 rings (SSSR count). The molecule has 1 N–H and O–H groups in total. The van der Waals surface area contributed by atoms with E-state index in [9.17, 15) is 5.11 Å². The van der Waals surface area contributed by atoms with Gasteiger partial charge in [-0.25, -0.2) is 0 Å². The summed E-state index contributed by atoms with van der Waals surface area (Å²) in [6.07, 6.45) is 7.56. The highest BCUT2D eigenvalue weighted by Gasteiger charge is 2.18. The van der Waals surface area contributed by atoms with Crippen LogP contribution in [0.1, 0.15) is 56.1 Å². The number of hydrogen-bond donors (Lipinski definition) is 1. The number of rotatable bonds is 2. The Labute approximate surface area is 92.1 Å². The molecule has 0 saturated heterocycles. The predicted molar refractivity (Wildman–Crippen MR) is 63.3 cm³/mol. The van der Waals surface area contributed by atoms with Crippen LogP contribution in [0.3, 0.4) is 0 Å². The largest absolute Gasteiger partial charge is 0.508 e. The van der Waals surface area contributed by atoms with Crippen LogP contribution in [0.25, 0.3) is 0 Å². The van der Waals surface area contributed by atoms with Gasteiger partial charge in [0.1, 0.15) is 5.75 Å². The molecule has 0 bridgehead atoms. The topological polar surface area (TPSA) is 20.2 Å². The molecule has 1 aliphatic rings. The molecule has 0 amide bonds. The number of benzene rings is 1. The SMILES string of the molecule is CCc1ccc(O)c(C2CCCCC2)c1. The molecule has 1 aromatic carbocycles. The molecule has 1 saturated carbocycles. The lowest BCUT2D eigenvalue weighted by atomic mass is 9.83. The van der Waals surface area contributed by atoms with Gasteiger partial charge in [-0.1, -0.05) is 38.3 Å². The molecule has 1 aliphatic carbocycles. The van der Waals surface area contributed by atoms with Crippen molar-refractivity contribution in [1.82, 2.24) is 0 Å². The lowest BCUT2D eigenvalue weighted by molar-refractivity contribution is 0.414. The van der Waals surface area contributed by atoms with Crippen LogP contribution >= 0.6 is 0 Å². The van der Waals surface area contributed by atoms with E-state index in [1.54, 1.807) is 0 Å². The molecule has 15 heavy (non-hydrogen) atoms. The summed E-state index contributed by atoms with van der Waals surface area (Å²) >= 11 is 0. The van der Waals surface area contributed by atoms with Gasteiger partial charge in [-0.3, -0.25) is 0 Å².